The van der Waals surface area contributed by atoms with E-state index in [2.05, 4.69) is 9.80 Å². The fraction of sp³-hybridized carbons (Fsp3) is 0.226. The Morgan fingerprint density at radius 2 is 1.66 bits per heavy atom. The zero-order valence-corrected chi connectivity index (χ0v) is 24.1. The Bertz CT molecular complexity index is 1710. The molecular formula is C31H28FN5O2S2. The van der Waals surface area contributed by atoms with Gasteiger partial charge < -0.3 is 9.80 Å². The lowest BCUT2D eigenvalue weighted by Gasteiger charge is -2.37. The van der Waals surface area contributed by atoms with Crippen molar-refractivity contribution in [3.63, 3.8) is 0 Å². The molecule has 10 heteroatoms. The minimum atomic E-state index is -0.265. The number of benzene rings is 2. The molecule has 6 rings (SSSR count). The van der Waals surface area contributed by atoms with Crippen LogP contribution in [0.4, 0.5) is 15.9 Å². The molecule has 0 unspecified atom stereocenters. The average molecular weight is 586 g/mol. The summed E-state index contributed by atoms with van der Waals surface area (Å²) in [7, 11) is 0. The number of nitrogens with zero attached hydrogens (tertiary/aromatic N) is 5. The maximum Gasteiger partial charge on any atom is 0.267 e. The zero-order chi connectivity index (χ0) is 28.5. The number of anilines is 2. The van der Waals surface area contributed by atoms with Crippen LogP contribution in [0.1, 0.15) is 16.7 Å². The van der Waals surface area contributed by atoms with Crippen LogP contribution in [0.3, 0.4) is 0 Å². The number of hydrogen-bond acceptors (Lipinski definition) is 7. The highest BCUT2D eigenvalue weighted by molar-refractivity contribution is 8.26. The number of halogens is 1. The third kappa shape index (κ3) is 5.62. The van der Waals surface area contributed by atoms with Gasteiger partial charge in [0, 0.05) is 44.6 Å². The molecule has 0 radical (unpaired) electrons. The van der Waals surface area contributed by atoms with Crippen molar-refractivity contribution in [2.24, 2.45) is 0 Å². The lowest BCUT2D eigenvalue weighted by atomic mass is 10.1. The second-order valence-electron chi connectivity index (χ2n) is 10.1. The van der Waals surface area contributed by atoms with Crippen molar-refractivity contribution in [1.82, 2.24) is 14.3 Å². The fourth-order valence-corrected chi connectivity index (χ4v) is 6.44. The second-order valence-corrected chi connectivity index (χ2v) is 11.8. The molecule has 0 spiro atoms. The standard InChI is InChI=1S/C31H28FN5O2S2/c1-21-7-12-27-33-28(35-17-15-34(16-18-35)24-10-8-23(32)9-11-24)25(29(38)37(27)20-21)19-26-30(39)36(31(40)41-26)14-13-22-5-3-2-4-6-22/h2-12,19-20H,13-18H2,1H3/b26-19+. The first-order valence-corrected chi connectivity index (χ1v) is 14.7. The number of pyridine rings is 1. The van der Waals surface area contributed by atoms with Crippen LogP contribution in [0.5, 0.6) is 0 Å². The zero-order valence-electron chi connectivity index (χ0n) is 22.5. The average Bonchev–Trinajstić information content (AvgIpc) is 3.26. The minimum Gasteiger partial charge on any atom is -0.368 e. The topological polar surface area (TPSA) is 61.2 Å². The first kappa shape index (κ1) is 27.2. The van der Waals surface area contributed by atoms with Crippen molar-refractivity contribution in [3.8, 4) is 0 Å². The number of thiocarbonyl (C=S) groups is 1. The van der Waals surface area contributed by atoms with Gasteiger partial charge in [-0.2, -0.15) is 0 Å². The van der Waals surface area contributed by atoms with E-state index in [9.17, 15) is 14.0 Å². The van der Waals surface area contributed by atoms with Gasteiger partial charge in [0.15, 0.2) is 0 Å². The normalized spacial score (nSPS) is 16.8. The van der Waals surface area contributed by atoms with Gasteiger partial charge in [-0.3, -0.25) is 18.9 Å². The largest absolute Gasteiger partial charge is 0.368 e. The van der Waals surface area contributed by atoms with Crippen LogP contribution in [0.25, 0.3) is 11.7 Å². The Morgan fingerprint density at radius 3 is 2.39 bits per heavy atom. The molecule has 0 saturated carbocycles. The summed E-state index contributed by atoms with van der Waals surface area (Å²) in [5.41, 5.74) is 3.69. The van der Waals surface area contributed by atoms with Gasteiger partial charge in [0.05, 0.1) is 10.5 Å². The summed E-state index contributed by atoms with van der Waals surface area (Å²) in [5.74, 6) is 0.0856. The van der Waals surface area contributed by atoms with Gasteiger partial charge in [0.25, 0.3) is 11.5 Å². The second kappa shape index (κ2) is 11.5. The van der Waals surface area contributed by atoms with Crippen LogP contribution in [-0.2, 0) is 11.2 Å². The lowest BCUT2D eigenvalue weighted by Crippen LogP contribution is -2.47. The predicted molar refractivity (Wildman–Crippen MR) is 167 cm³/mol. The van der Waals surface area contributed by atoms with E-state index in [1.807, 2.05) is 49.4 Å². The Morgan fingerprint density at radius 1 is 0.951 bits per heavy atom. The molecule has 41 heavy (non-hydrogen) atoms. The number of fused-ring (bicyclic) bond motifs is 1. The number of thioether (sulfide) groups is 1. The molecule has 208 valence electrons. The van der Waals surface area contributed by atoms with Gasteiger partial charge in [-0.05, 0) is 60.9 Å². The van der Waals surface area contributed by atoms with Crippen molar-refractivity contribution in [2.75, 3.05) is 42.5 Å². The van der Waals surface area contributed by atoms with Crippen molar-refractivity contribution in [3.05, 3.63) is 111 Å². The molecule has 0 atom stereocenters. The van der Waals surface area contributed by atoms with Crippen molar-refractivity contribution in [2.45, 2.75) is 13.3 Å². The van der Waals surface area contributed by atoms with E-state index in [0.29, 0.717) is 65.4 Å². The predicted octanol–water partition coefficient (Wildman–Crippen LogP) is 4.91. The number of amides is 1. The molecule has 4 heterocycles. The van der Waals surface area contributed by atoms with E-state index in [-0.39, 0.29) is 17.3 Å². The summed E-state index contributed by atoms with van der Waals surface area (Å²) in [6, 6.07) is 20.2. The van der Waals surface area contributed by atoms with E-state index < -0.39 is 0 Å². The molecule has 0 N–H and O–H groups in total. The summed E-state index contributed by atoms with van der Waals surface area (Å²) < 4.78 is 15.4. The first-order valence-electron chi connectivity index (χ1n) is 13.5. The maximum absolute atomic E-state index is 13.9. The first-order chi connectivity index (χ1) is 19.9. The van der Waals surface area contributed by atoms with Crippen LogP contribution in [0.2, 0.25) is 0 Å². The number of hydrogen-bond donors (Lipinski definition) is 0. The summed E-state index contributed by atoms with van der Waals surface area (Å²) >= 11 is 6.79. The smallest absolute Gasteiger partial charge is 0.267 e. The van der Waals surface area contributed by atoms with Gasteiger partial charge in [-0.15, -0.1) is 0 Å². The quantitative estimate of drug-likeness (QED) is 0.235. The van der Waals surface area contributed by atoms with Crippen LogP contribution < -0.4 is 15.4 Å². The van der Waals surface area contributed by atoms with E-state index in [0.717, 1.165) is 16.8 Å². The van der Waals surface area contributed by atoms with Gasteiger partial charge in [-0.25, -0.2) is 9.37 Å². The Balaban J connectivity index is 1.31. The molecule has 2 fully saturated rings. The van der Waals surface area contributed by atoms with Crippen LogP contribution in [-0.4, -0.2) is 57.2 Å². The molecule has 2 aromatic carbocycles. The Kier molecular flexibility index (Phi) is 7.59. The van der Waals surface area contributed by atoms with E-state index in [1.165, 1.54) is 28.3 Å². The number of aryl methyl sites for hydroxylation is 1. The van der Waals surface area contributed by atoms with Crippen molar-refractivity contribution < 1.29 is 9.18 Å². The van der Waals surface area contributed by atoms with E-state index >= 15 is 0 Å². The van der Waals surface area contributed by atoms with Crippen molar-refractivity contribution >= 4 is 57.4 Å². The number of carbonyl (C=O) groups is 1. The summed E-state index contributed by atoms with van der Waals surface area (Å²) in [4.78, 5) is 38.5. The van der Waals surface area contributed by atoms with E-state index in [1.54, 1.807) is 29.3 Å². The molecular weight excluding hydrogens is 558 g/mol. The molecule has 2 aromatic heterocycles. The summed E-state index contributed by atoms with van der Waals surface area (Å²) in [6.45, 7) is 4.99. The maximum atomic E-state index is 13.9. The highest BCUT2D eigenvalue weighted by Crippen LogP contribution is 2.34. The van der Waals surface area contributed by atoms with Crippen LogP contribution >= 0.6 is 24.0 Å². The minimum absolute atomic E-state index is 0.197. The van der Waals surface area contributed by atoms with E-state index in [4.69, 9.17) is 17.2 Å². The molecule has 2 saturated heterocycles. The molecule has 1 amide bonds. The van der Waals surface area contributed by atoms with Gasteiger partial charge in [0.2, 0.25) is 0 Å². The number of rotatable bonds is 6. The van der Waals surface area contributed by atoms with Crippen LogP contribution in [0, 0.1) is 12.7 Å². The molecule has 2 aliphatic rings. The molecule has 0 bridgehead atoms. The highest BCUT2D eigenvalue weighted by atomic mass is 32.2. The number of carbonyl (C=O) groups excluding carboxylic acids is 1. The SMILES string of the molecule is Cc1ccc2nc(N3CCN(c4ccc(F)cc4)CC3)c(/C=C3/SC(=S)N(CCc4ccccc4)C3=O)c(=O)n2c1. The molecule has 7 nitrogen and oxygen atoms in total. The summed E-state index contributed by atoms with van der Waals surface area (Å²) in [5, 5.41) is 0. The third-order valence-corrected chi connectivity index (χ3v) is 8.75. The van der Waals surface area contributed by atoms with Gasteiger partial charge in [0.1, 0.15) is 21.6 Å². The highest BCUT2D eigenvalue weighted by Gasteiger charge is 2.33. The lowest BCUT2D eigenvalue weighted by molar-refractivity contribution is -0.122. The number of aromatic nitrogens is 2. The van der Waals surface area contributed by atoms with Crippen LogP contribution in [0.15, 0.2) is 82.6 Å². The van der Waals surface area contributed by atoms with Gasteiger partial charge >= 0.3 is 0 Å². The fourth-order valence-electron chi connectivity index (χ4n) is 5.15. The van der Waals surface area contributed by atoms with Gasteiger partial charge in [-0.1, -0.05) is 60.4 Å². The number of piperazine rings is 1. The Hall–Kier alpha value is -4.02. The third-order valence-electron chi connectivity index (χ3n) is 7.37. The summed E-state index contributed by atoms with van der Waals surface area (Å²) in [6.07, 6.45) is 4.11. The molecule has 0 aliphatic carbocycles. The van der Waals surface area contributed by atoms with Crippen molar-refractivity contribution in [1.29, 1.82) is 0 Å². The monoisotopic (exact) mass is 585 g/mol. The molecule has 4 aromatic rings. The molecule has 2 aliphatic heterocycles. The Labute approximate surface area is 246 Å².